The minimum absolute atomic E-state index is 0.240. The van der Waals surface area contributed by atoms with Crippen LogP contribution in [0.15, 0.2) is 82.4 Å². The number of thiophene rings is 1. The molecule has 0 atom stereocenters. The lowest BCUT2D eigenvalue weighted by Crippen LogP contribution is -2.34. The number of nitrogens with one attached hydrogen (secondary N) is 2. The number of rotatable bonds is 7. The average Bonchev–Trinajstić information content (AvgIpc) is 3.19. The van der Waals surface area contributed by atoms with E-state index in [9.17, 15) is 14.4 Å². The van der Waals surface area contributed by atoms with Gasteiger partial charge in [-0.25, -0.2) is 10.2 Å². The smallest absolute Gasteiger partial charge is 0.355 e. The Morgan fingerprint density at radius 2 is 1.83 bits per heavy atom. The summed E-state index contributed by atoms with van der Waals surface area (Å²) in [7, 11) is 0. The van der Waals surface area contributed by atoms with Crippen molar-refractivity contribution < 1.29 is 19.1 Å². The van der Waals surface area contributed by atoms with Crippen LogP contribution in [0.2, 0.25) is 5.02 Å². The molecule has 0 fully saturated rings. The number of ether oxygens (including phenoxy) is 1. The van der Waals surface area contributed by atoms with Crippen LogP contribution in [0.3, 0.4) is 0 Å². The Morgan fingerprint density at radius 3 is 2.63 bits per heavy atom. The van der Waals surface area contributed by atoms with E-state index in [1.165, 1.54) is 17.6 Å². The second-order valence-electron chi connectivity index (χ2n) is 7.19. The van der Waals surface area contributed by atoms with Gasteiger partial charge in [-0.2, -0.15) is 5.10 Å². The zero-order chi connectivity index (χ0) is 24.8. The molecule has 3 aromatic carbocycles. The first-order valence-electron chi connectivity index (χ1n) is 10.3. The molecule has 4 aromatic rings. The molecule has 0 aliphatic heterocycles. The van der Waals surface area contributed by atoms with Crippen molar-refractivity contribution in [3.63, 3.8) is 0 Å². The SMILES string of the molecule is O=C(CNC(=O)c1cccc(Br)c1)N/N=C/c1cccc(OC(=O)c2sc3ccccc3c2Cl)c1. The highest BCUT2D eigenvalue weighted by molar-refractivity contribution is 9.10. The largest absolute Gasteiger partial charge is 0.422 e. The van der Waals surface area contributed by atoms with Gasteiger partial charge in [0.2, 0.25) is 0 Å². The lowest BCUT2D eigenvalue weighted by molar-refractivity contribution is -0.120. The van der Waals surface area contributed by atoms with E-state index >= 15 is 0 Å². The topological polar surface area (TPSA) is 96.9 Å². The third kappa shape index (κ3) is 6.33. The monoisotopic (exact) mass is 569 g/mol. The van der Waals surface area contributed by atoms with Gasteiger partial charge >= 0.3 is 5.97 Å². The molecule has 10 heteroatoms. The Kier molecular flexibility index (Phi) is 7.91. The Bertz CT molecular complexity index is 1450. The summed E-state index contributed by atoms with van der Waals surface area (Å²) < 4.78 is 7.14. The zero-order valence-corrected chi connectivity index (χ0v) is 21.1. The molecular weight excluding hydrogens is 554 g/mol. The van der Waals surface area contributed by atoms with Crippen molar-refractivity contribution in [1.82, 2.24) is 10.7 Å². The Morgan fingerprint density at radius 1 is 1.03 bits per heavy atom. The lowest BCUT2D eigenvalue weighted by atomic mass is 10.2. The van der Waals surface area contributed by atoms with E-state index in [1.807, 2.05) is 24.3 Å². The number of halogens is 2. The predicted octanol–water partition coefficient (Wildman–Crippen LogP) is 5.42. The highest BCUT2D eigenvalue weighted by atomic mass is 79.9. The van der Waals surface area contributed by atoms with Crippen LogP contribution in [0, 0.1) is 0 Å². The quantitative estimate of drug-likeness (QED) is 0.134. The van der Waals surface area contributed by atoms with E-state index in [1.54, 1.807) is 48.5 Å². The van der Waals surface area contributed by atoms with Crippen LogP contribution < -0.4 is 15.5 Å². The summed E-state index contributed by atoms with van der Waals surface area (Å²) in [5, 5.41) is 7.57. The molecule has 35 heavy (non-hydrogen) atoms. The number of hydrogen-bond acceptors (Lipinski definition) is 6. The number of hydrazone groups is 1. The summed E-state index contributed by atoms with van der Waals surface area (Å²) in [5.41, 5.74) is 3.36. The molecule has 2 N–H and O–H groups in total. The van der Waals surface area contributed by atoms with Crippen LogP contribution in [-0.2, 0) is 4.79 Å². The van der Waals surface area contributed by atoms with Gasteiger partial charge < -0.3 is 10.1 Å². The first-order valence-corrected chi connectivity index (χ1v) is 12.2. The number of hydrogen-bond donors (Lipinski definition) is 2. The molecule has 4 rings (SSSR count). The fourth-order valence-electron chi connectivity index (χ4n) is 3.07. The highest BCUT2D eigenvalue weighted by Crippen LogP contribution is 2.35. The number of fused-ring (bicyclic) bond motifs is 1. The van der Waals surface area contributed by atoms with Gasteiger partial charge in [-0.15, -0.1) is 11.3 Å². The molecule has 0 saturated heterocycles. The average molecular weight is 571 g/mol. The Labute approximate surface area is 217 Å². The molecule has 7 nitrogen and oxygen atoms in total. The van der Waals surface area contributed by atoms with Crippen molar-refractivity contribution in [3.05, 3.63) is 98.3 Å². The van der Waals surface area contributed by atoms with Crippen LogP contribution in [0.1, 0.15) is 25.6 Å². The highest BCUT2D eigenvalue weighted by Gasteiger charge is 2.19. The molecule has 1 aromatic heterocycles. The van der Waals surface area contributed by atoms with Gasteiger partial charge in [0.05, 0.1) is 17.8 Å². The molecule has 0 unspecified atom stereocenters. The number of carbonyl (C=O) groups excluding carboxylic acids is 3. The third-order valence-electron chi connectivity index (χ3n) is 4.69. The third-order valence-corrected chi connectivity index (χ3v) is 6.84. The van der Waals surface area contributed by atoms with Crippen molar-refractivity contribution in [2.24, 2.45) is 5.10 Å². The maximum Gasteiger partial charge on any atom is 0.355 e. The van der Waals surface area contributed by atoms with Gasteiger partial charge in [0.1, 0.15) is 10.6 Å². The summed E-state index contributed by atoms with van der Waals surface area (Å²) in [6, 6.07) is 20.9. The summed E-state index contributed by atoms with van der Waals surface area (Å²) in [5.74, 6) is -1.12. The van der Waals surface area contributed by atoms with Crippen LogP contribution in [0.4, 0.5) is 0 Å². The number of amides is 2. The van der Waals surface area contributed by atoms with Gasteiger partial charge in [0.25, 0.3) is 11.8 Å². The van der Waals surface area contributed by atoms with E-state index in [0.717, 1.165) is 14.6 Å². The van der Waals surface area contributed by atoms with Gasteiger partial charge in [0, 0.05) is 20.1 Å². The fourth-order valence-corrected chi connectivity index (χ4v) is 4.85. The molecule has 0 spiro atoms. The van der Waals surface area contributed by atoms with Crippen LogP contribution >= 0.6 is 38.9 Å². The van der Waals surface area contributed by atoms with Crippen molar-refractivity contribution in [2.45, 2.75) is 0 Å². The normalized spacial score (nSPS) is 10.9. The molecular formula is C25H17BrClN3O4S. The van der Waals surface area contributed by atoms with E-state index in [-0.39, 0.29) is 12.5 Å². The van der Waals surface area contributed by atoms with Crippen molar-refractivity contribution in [1.29, 1.82) is 0 Å². The number of benzene rings is 3. The fraction of sp³-hybridized carbons (Fsp3) is 0.0400. The molecule has 1 heterocycles. The molecule has 0 aliphatic carbocycles. The van der Waals surface area contributed by atoms with E-state index < -0.39 is 11.9 Å². The molecule has 176 valence electrons. The van der Waals surface area contributed by atoms with Gasteiger partial charge in [0.15, 0.2) is 0 Å². The summed E-state index contributed by atoms with van der Waals surface area (Å²) in [4.78, 5) is 37.0. The minimum atomic E-state index is -0.556. The standard InChI is InChI=1S/C25H17BrClN3O4S/c26-17-7-4-6-16(12-17)24(32)28-14-21(31)30-29-13-15-5-3-8-18(11-15)34-25(33)23-22(27)19-9-1-2-10-20(19)35-23/h1-13H,14H2,(H,28,32)(H,30,31)/b29-13+. The molecule has 0 aliphatic rings. The Hall–Kier alpha value is -3.53. The summed E-state index contributed by atoms with van der Waals surface area (Å²) in [6.45, 7) is -0.240. The first kappa shape index (κ1) is 24.6. The summed E-state index contributed by atoms with van der Waals surface area (Å²) in [6.07, 6.45) is 1.40. The van der Waals surface area contributed by atoms with Gasteiger partial charge in [-0.1, -0.05) is 63.9 Å². The second kappa shape index (κ2) is 11.3. The maximum atomic E-state index is 12.6. The molecule has 0 radical (unpaired) electrons. The molecule has 0 saturated carbocycles. The van der Waals surface area contributed by atoms with E-state index in [4.69, 9.17) is 16.3 Å². The van der Waals surface area contributed by atoms with Crippen LogP contribution in [-0.4, -0.2) is 30.5 Å². The van der Waals surface area contributed by atoms with Crippen molar-refractivity contribution in [3.8, 4) is 5.75 Å². The van der Waals surface area contributed by atoms with Crippen molar-refractivity contribution >= 4 is 73.0 Å². The van der Waals surface area contributed by atoms with Crippen molar-refractivity contribution in [2.75, 3.05) is 6.54 Å². The van der Waals surface area contributed by atoms with Crippen LogP contribution in [0.5, 0.6) is 5.75 Å². The second-order valence-corrected chi connectivity index (χ2v) is 9.54. The maximum absolute atomic E-state index is 12.6. The Balaban J connectivity index is 1.31. The summed E-state index contributed by atoms with van der Waals surface area (Å²) >= 11 is 10.9. The number of nitrogens with zero attached hydrogens (tertiary/aromatic N) is 1. The van der Waals surface area contributed by atoms with E-state index in [2.05, 4.69) is 31.8 Å². The predicted molar refractivity (Wildman–Crippen MR) is 140 cm³/mol. The number of carbonyl (C=O) groups is 3. The minimum Gasteiger partial charge on any atom is -0.422 e. The number of esters is 1. The van der Waals surface area contributed by atoms with E-state index in [0.29, 0.717) is 26.8 Å². The van der Waals surface area contributed by atoms with Gasteiger partial charge in [-0.3, -0.25) is 9.59 Å². The molecule has 0 bridgehead atoms. The van der Waals surface area contributed by atoms with Crippen LogP contribution in [0.25, 0.3) is 10.1 Å². The van der Waals surface area contributed by atoms with Gasteiger partial charge in [-0.05, 0) is 42.0 Å². The molecule has 2 amide bonds. The first-order chi connectivity index (χ1) is 16.9. The lowest BCUT2D eigenvalue weighted by Gasteiger charge is -2.05. The zero-order valence-electron chi connectivity index (χ0n) is 18.0.